The van der Waals surface area contributed by atoms with E-state index in [0.717, 1.165) is 38.5 Å². The first-order valence-corrected chi connectivity index (χ1v) is 11.7. The van der Waals surface area contributed by atoms with Crippen LogP contribution in [-0.2, 0) is 9.59 Å². The van der Waals surface area contributed by atoms with Crippen LogP contribution in [0.25, 0.3) is 0 Å². The summed E-state index contributed by atoms with van der Waals surface area (Å²) < 4.78 is 16.7. The molecule has 30 heavy (non-hydrogen) atoms. The number of carbonyl (C=O) groups excluding carboxylic acids is 2. The van der Waals surface area contributed by atoms with Gasteiger partial charge in [0.05, 0.1) is 6.10 Å². The predicted octanol–water partition coefficient (Wildman–Crippen LogP) is 7.01. The van der Waals surface area contributed by atoms with Gasteiger partial charge in [0.15, 0.2) is 11.5 Å². The van der Waals surface area contributed by atoms with Gasteiger partial charge in [-0.15, -0.1) is 0 Å². The number of hydrogen-bond acceptors (Lipinski definition) is 5. The normalized spacial score (nSPS) is 10.8. The minimum atomic E-state index is -0.315. The second-order valence-corrected chi connectivity index (χ2v) is 8.05. The Morgan fingerprint density at radius 1 is 0.733 bits per heavy atom. The number of unbranched alkanes of at least 4 members (excludes halogenated alkanes) is 8. The third kappa shape index (κ3) is 11.8. The van der Waals surface area contributed by atoms with Gasteiger partial charge in [-0.2, -0.15) is 0 Å². The molecule has 0 aliphatic heterocycles. The molecule has 0 N–H and O–H groups in total. The number of hydrogen-bond donors (Lipinski definition) is 0. The van der Waals surface area contributed by atoms with Crippen LogP contribution in [0.5, 0.6) is 17.2 Å². The molecule has 0 spiro atoms. The summed E-state index contributed by atoms with van der Waals surface area (Å²) in [6.07, 6.45) is 11.3. The summed E-state index contributed by atoms with van der Waals surface area (Å²) in [5.41, 5.74) is 0. The van der Waals surface area contributed by atoms with Crippen molar-refractivity contribution in [2.24, 2.45) is 0 Å². The van der Waals surface area contributed by atoms with Crippen molar-refractivity contribution in [3.63, 3.8) is 0 Å². The van der Waals surface area contributed by atoms with E-state index < -0.39 is 0 Å². The summed E-state index contributed by atoms with van der Waals surface area (Å²) in [4.78, 5) is 24.5. The van der Waals surface area contributed by atoms with Crippen LogP contribution in [0.1, 0.15) is 105 Å². The van der Waals surface area contributed by atoms with Crippen LogP contribution >= 0.6 is 0 Å². The van der Waals surface area contributed by atoms with Crippen molar-refractivity contribution < 1.29 is 23.8 Å². The molecule has 0 amide bonds. The molecule has 0 bridgehead atoms. The maximum atomic E-state index is 12.3. The van der Waals surface area contributed by atoms with Crippen molar-refractivity contribution in [3.8, 4) is 17.2 Å². The Hall–Kier alpha value is -2.04. The molecule has 0 fully saturated rings. The predicted molar refractivity (Wildman–Crippen MR) is 120 cm³/mol. The van der Waals surface area contributed by atoms with E-state index in [2.05, 4.69) is 13.8 Å². The molecular weight excluding hydrogens is 380 g/mol. The van der Waals surface area contributed by atoms with Crippen LogP contribution in [0.15, 0.2) is 18.2 Å². The standard InChI is InChI=1S/C25H40O5/c1-5-7-9-11-13-15-24(26)29-22-18-17-21(28-20(3)4)19-23(22)30-25(27)16-14-12-10-8-6-2/h17-20H,5-16H2,1-4H3. The third-order valence-electron chi connectivity index (χ3n) is 4.70. The topological polar surface area (TPSA) is 61.8 Å². The monoisotopic (exact) mass is 420 g/mol. The highest BCUT2D eigenvalue weighted by Crippen LogP contribution is 2.33. The van der Waals surface area contributed by atoms with Gasteiger partial charge in [-0.1, -0.05) is 65.2 Å². The van der Waals surface area contributed by atoms with E-state index in [-0.39, 0.29) is 29.5 Å². The molecule has 0 aliphatic carbocycles. The second-order valence-electron chi connectivity index (χ2n) is 8.05. The van der Waals surface area contributed by atoms with Crippen molar-refractivity contribution in [2.45, 2.75) is 111 Å². The molecule has 1 rings (SSSR count). The molecule has 5 heteroatoms. The summed E-state index contributed by atoms with van der Waals surface area (Å²) in [6, 6.07) is 4.99. The zero-order chi connectivity index (χ0) is 22.2. The Morgan fingerprint density at radius 2 is 1.23 bits per heavy atom. The summed E-state index contributed by atoms with van der Waals surface area (Å²) in [5.74, 6) is 0.469. The molecule has 0 radical (unpaired) electrons. The maximum Gasteiger partial charge on any atom is 0.311 e. The van der Waals surface area contributed by atoms with Gasteiger partial charge in [0.2, 0.25) is 0 Å². The van der Waals surface area contributed by atoms with Crippen LogP contribution in [0.4, 0.5) is 0 Å². The van der Waals surface area contributed by atoms with Gasteiger partial charge in [0.25, 0.3) is 0 Å². The lowest BCUT2D eigenvalue weighted by atomic mass is 10.1. The average molecular weight is 421 g/mol. The molecule has 0 aliphatic rings. The van der Waals surface area contributed by atoms with Gasteiger partial charge in [0.1, 0.15) is 5.75 Å². The fourth-order valence-corrected chi connectivity index (χ4v) is 3.09. The summed E-state index contributed by atoms with van der Waals surface area (Å²) in [5, 5.41) is 0. The first-order chi connectivity index (χ1) is 14.5. The minimum absolute atomic E-state index is 0.0105. The smallest absolute Gasteiger partial charge is 0.311 e. The second kappa shape index (κ2) is 15.8. The first kappa shape index (κ1) is 26.0. The Morgan fingerprint density at radius 3 is 1.73 bits per heavy atom. The average Bonchev–Trinajstić information content (AvgIpc) is 2.69. The SMILES string of the molecule is CCCCCCCC(=O)Oc1ccc(OC(C)C)cc1OC(=O)CCCCCCC. The zero-order valence-corrected chi connectivity index (χ0v) is 19.3. The lowest BCUT2D eigenvalue weighted by molar-refractivity contribution is -0.137. The Bertz CT molecular complexity index is 624. The van der Waals surface area contributed by atoms with Gasteiger partial charge in [-0.25, -0.2) is 0 Å². The molecule has 0 aromatic heterocycles. The number of rotatable bonds is 16. The van der Waals surface area contributed by atoms with Gasteiger partial charge in [-0.3, -0.25) is 9.59 Å². The van der Waals surface area contributed by atoms with Gasteiger partial charge in [0, 0.05) is 18.9 Å². The molecule has 0 atom stereocenters. The first-order valence-electron chi connectivity index (χ1n) is 11.7. The lowest BCUT2D eigenvalue weighted by Gasteiger charge is -2.14. The Labute approximate surface area is 182 Å². The van der Waals surface area contributed by atoms with E-state index in [0.29, 0.717) is 18.6 Å². The molecule has 170 valence electrons. The summed E-state index contributed by atoms with van der Waals surface area (Å²) >= 11 is 0. The Balaban J connectivity index is 2.68. The molecule has 1 aromatic carbocycles. The van der Waals surface area contributed by atoms with E-state index >= 15 is 0 Å². The quantitative estimate of drug-likeness (QED) is 0.164. The molecule has 0 unspecified atom stereocenters. The van der Waals surface area contributed by atoms with Crippen LogP contribution in [0.2, 0.25) is 0 Å². The van der Waals surface area contributed by atoms with Crippen molar-refractivity contribution in [1.29, 1.82) is 0 Å². The van der Waals surface area contributed by atoms with E-state index in [1.807, 2.05) is 13.8 Å². The van der Waals surface area contributed by atoms with Gasteiger partial charge < -0.3 is 14.2 Å². The fraction of sp³-hybridized carbons (Fsp3) is 0.680. The van der Waals surface area contributed by atoms with Crippen LogP contribution in [0, 0.1) is 0 Å². The molecule has 0 heterocycles. The van der Waals surface area contributed by atoms with Crippen molar-refractivity contribution in [1.82, 2.24) is 0 Å². The van der Waals surface area contributed by atoms with Crippen molar-refractivity contribution >= 4 is 11.9 Å². The molecule has 5 nitrogen and oxygen atoms in total. The van der Waals surface area contributed by atoms with E-state index in [4.69, 9.17) is 14.2 Å². The largest absolute Gasteiger partial charge is 0.491 e. The van der Waals surface area contributed by atoms with Crippen molar-refractivity contribution in [3.05, 3.63) is 18.2 Å². The summed E-state index contributed by atoms with van der Waals surface area (Å²) in [6.45, 7) is 8.17. The van der Waals surface area contributed by atoms with Crippen LogP contribution in [-0.4, -0.2) is 18.0 Å². The summed E-state index contributed by atoms with van der Waals surface area (Å²) in [7, 11) is 0. The highest BCUT2D eigenvalue weighted by Gasteiger charge is 2.16. The highest BCUT2D eigenvalue weighted by atomic mass is 16.6. The minimum Gasteiger partial charge on any atom is -0.491 e. The lowest BCUT2D eigenvalue weighted by Crippen LogP contribution is -2.13. The third-order valence-corrected chi connectivity index (χ3v) is 4.70. The number of esters is 2. The number of carbonyl (C=O) groups is 2. The molecule has 0 saturated carbocycles. The highest BCUT2D eigenvalue weighted by molar-refractivity contribution is 5.76. The van der Waals surface area contributed by atoms with Gasteiger partial charge in [-0.05, 0) is 38.8 Å². The van der Waals surface area contributed by atoms with Crippen LogP contribution < -0.4 is 14.2 Å². The molecule has 1 aromatic rings. The maximum absolute atomic E-state index is 12.3. The number of benzene rings is 1. The fourth-order valence-electron chi connectivity index (χ4n) is 3.09. The zero-order valence-electron chi connectivity index (χ0n) is 19.3. The molecule has 0 saturated heterocycles. The van der Waals surface area contributed by atoms with E-state index in [1.165, 1.54) is 25.7 Å². The van der Waals surface area contributed by atoms with E-state index in [1.54, 1.807) is 18.2 Å². The molecular formula is C25H40O5. The number of ether oxygens (including phenoxy) is 3. The van der Waals surface area contributed by atoms with Crippen molar-refractivity contribution in [2.75, 3.05) is 0 Å². The van der Waals surface area contributed by atoms with Crippen LogP contribution in [0.3, 0.4) is 0 Å². The van der Waals surface area contributed by atoms with E-state index in [9.17, 15) is 9.59 Å². The van der Waals surface area contributed by atoms with Gasteiger partial charge >= 0.3 is 11.9 Å². The Kier molecular flexibility index (Phi) is 13.7.